The van der Waals surface area contributed by atoms with Gasteiger partial charge in [-0.25, -0.2) is 4.99 Å². The van der Waals surface area contributed by atoms with Gasteiger partial charge in [-0.1, -0.05) is 11.6 Å². The topological polar surface area (TPSA) is 107 Å². The van der Waals surface area contributed by atoms with Crippen molar-refractivity contribution in [3.63, 3.8) is 0 Å². The molecular formula is C21H14ClN3O5S. The zero-order chi connectivity index (χ0) is 22.0. The molecule has 0 bridgehead atoms. The molecule has 31 heavy (non-hydrogen) atoms. The minimum atomic E-state index is -0.502. The van der Waals surface area contributed by atoms with E-state index in [9.17, 15) is 14.9 Å². The average Bonchev–Trinajstić information content (AvgIpc) is 3.36. The van der Waals surface area contributed by atoms with Crippen molar-refractivity contribution in [3.05, 3.63) is 80.4 Å². The van der Waals surface area contributed by atoms with Crippen molar-refractivity contribution in [3.8, 4) is 17.1 Å². The Balaban J connectivity index is 1.58. The summed E-state index contributed by atoms with van der Waals surface area (Å²) in [7, 11) is 1.44. The maximum Gasteiger partial charge on any atom is 0.284 e. The van der Waals surface area contributed by atoms with E-state index in [0.717, 1.165) is 11.8 Å². The molecule has 0 spiro atoms. The number of carbonyl (C=O) groups is 1. The van der Waals surface area contributed by atoms with Crippen LogP contribution in [0.15, 0.2) is 68.9 Å². The first-order valence-electron chi connectivity index (χ1n) is 8.91. The lowest BCUT2D eigenvalue weighted by molar-refractivity contribution is -0.384. The van der Waals surface area contributed by atoms with E-state index in [0.29, 0.717) is 43.6 Å². The lowest BCUT2D eigenvalue weighted by Crippen LogP contribution is -2.19. The van der Waals surface area contributed by atoms with Crippen LogP contribution in [0.5, 0.6) is 5.75 Å². The van der Waals surface area contributed by atoms with Crippen molar-refractivity contribution in [1.82, 2.24) is 5.32 Å². The third kappa shape index (κ3) is 4.62. The second kappa shape index (κ2) is 8.66. The molecule has 0 atom stereocenters. The molecule has 1 amide bonds. The number of methoxy groups -OCH3 is 1. The first-order valence-corrected chi connectivity index (χ1v) is 10.1. The number of rotatable bonds is 5. The molecule has 0 aliphatic carbocycles. The number of furan rings is 1. The number of hydrogen-bond acceptors (Lipinski definition) is 7. The number of benzene rings is 2. The van der Waals surface area contributed by atoms with Gasteiger partial charge in [0.15, 0.2) is 5.17 Å². The summed E-state index contributed by atoms with van der Waals surface area (Å²) in [6, 6.07) is 14.7. The van der Waals surface area contributed by atoms with Gasteiger partial charge in [-0.3, -0.25) is 14.9 Å². The van der Waals surface area contributed by atoms with Crippen molar-refractivity contribution in [2.75, 3.05) is 7.11 Å². The number of nitro groups is 1. The quantitative estimate of drug-likeness (QED) is 0.313. The third-order valence-corrected chi connectivity index (χ3v) is 5.44. The fourth-order valence-corrected chi connectivity index (χ4v) is 3.76. The minimum Gasteiger partial charge on any atom is -0.497 e. The number of hydrogen-bond donors (Lipinski definition) is 1. The molecule has 0 radical (unpaired) electrons. The highest BCUT2D eigenvalue weighted by Gasteiger charge is 2.25. The molecule has 10 heteroatoms. The number of carbonyl (C=O) groups excluding carboxylic acids is 1. The second-order valence-corrected chi connectivity index (χ2v) is 7.77. The highest BCUT2D eigenvalue weighted by molar-refractivity contribution is 8.18. The van der Waals surface area contributed by atoms with Crippen molar-refractivity contribution >= 4 is 51.9 Å². The van der Waals surface area contributed by atoms with Gasteiger partial charge in [-0.15, -0.1) is 0 Å². The van der Waals surface area contributed by atoms with Crippen LogP contribution in [0.3, 0.4) is 0 Å². The summed E-state index contributed by atoms with van der Waals surface area (Å²) in [5, 5.41) is 15.1. The van der Waals surface area contributed by atoms with Crippen LogP contribution in [0.2, 0.25) is 5.02 Å². The molecule has 1 fully saturated rings. The standard InChI is InChI=1S/C21H14ClN3O5S/c1-29-14-6-8-16(17(10-14)25(27)28)18-9-7-15(30-18)11-19-20(26)24-21(31-19)23-13-4-2-12(22)3-5-13/h2-11H,1H3,(H,23,24,26)/b19-11-. The second-order valence-electron chi connectivity index (χ2n) is 6.30. The maximum absolute atomic E-state index is 12.3. The molecule has 8 nitrogen and oxygen atoms in total. The lowest BCUT2D eigenvalue weighted by atomic mass is 10.1. The molecule has 2 heterocycles. The fraction of sp³-hybridized carbons (Fsp3) is 0.0476. The molecule has 4 rings (SSSR count). The van der Waals surface area contributed by atoms with E-state index in [-0.39, 0.29) is 11.6 Å². The highest BCUT2D eigenvalue weighted by Crippen LogP contribution is 2.35. The van der Waals surface area contributed by atoms with E-state index >= 15 is 0 Å². The molecule has 1 saturated heterocycles. The van der Waals surface area contributed by atoms with Gasteiger partial charge in [0, 0.05) is 11.1 Å². The summed E-state index contributed by atoms with van der Waals surface area (Å²) in [6.07, 6.45) is 1.56. The van der Waals surface area contributed by atoms with E-state index in [1.165, 1.54) is 13.2 Å². The average molecular weight is 456 g/mol. The van der Waals surface area contributed by atoms with Crippen molar-refractivity contribution < 1.29 is 18.9 Å². The van der Waals surface area contributed by atoms with Gasteiger partial charge in [0.25, 0.3) is 11.6 Å². The summed E-state index contributed by atoms with van der Waals surface area (Å²) >= 11 is 7.03. The largest absolute Gasteiger partial charge is 0.497 e. The van der Waals surface area contributed by atoms with Crippen LogP contribution in [-0.2, 0) is 4.79 Å². The Labute approximate surface area is 185 Å². The summed E-state index contributed by atoms with van der Waals surface area (Å²) in [6.45, 7) is 0. The van der Waals surface area contributed by atoms with Crippen LogP contribution < -0.4 is 10.1 Å². The predicted molar refractivity (Wildman–Crippen MR) is 120 cm³/mol. The van der Waals surface area contributed by atoms with E-state index < -0.39 is 4.92 Å². The number of ether oxygens (including phenoxy) is 1. The normalized spacial score (nSPS) is 16.0. The predicted octanol–water partition coefficient (Wildman–Crippen LogP) is 5.41. The van der Waals surface area contributed by atoms with Crippen LogP contribution in [0, 0.1) is 10.1 Å². The SMILES string of the molecule is COc1ccc(-c2ccc(/C=C3\SC(=Nc4ccc(Cl)cc4)NC3=O)o2)c([N+](=O)[O-])c1. The Morgan fingerprint density at radius 2 is 1.97 bits per heavy atom. The molecule has 156 valence electrons. The molecule has 3 aromatic rings. The minimum absolute atomic E-state index is 0.140. The van der Waals surface area contributed by atoms with Crippen molar-refractivity contribution in [1.29, 1.82) is 0 Å². The summed E-state index contributed by atoms with van der Waals surface area (Å²) in [5.74, 6) is 0.743. The smallest absolute Gasteiger partial charge is 0.284 e. The zero-order valence-electron chi connectivity index (χ0n) is 16.0. The van der Waals surface area contributed by atoms with Gasteiger partial charge >= 0.3 is 0 Å². The van der Waals surface area contributed by atoms with Gasteiger partial charge in [0.05, 0.1) is 34.3 Å². The van der Waals surface area contributed by atoms with Crippen molar-refractivity contribution in [2.45, 2.75) is 0 Å². The first kappa shape index (κ1) is 20.7. The van der Waals surface area contributed by atoms with Gasteiger partial charge in [0.2, 0.25) is 0 Å². The number of halogens is 1. The Morgan fingerprint density at radius 1 is 1.19 bits per heavy atom. The number of amidine groups is 1. The first-order chi connectivity index (χ1) is 14.9. The van der Waals surface area contributed by atoms with Gasteiger partial charge in [-0.2, -0.15) is 0 Å². The number of nitrogens with one attached hydrogen (secondary N) is 1. The maximum atomic E-state index is 12.3. The number of nitrogens with zero attached hydrogens (tertiary/aromatic N) is 2. The number of aliphatic imine (C=N–C) groups is 1. The summed E-state index contributed by atoms with van der Waals surface area (Å²) in [4.78, 5) is 28.0. The summed E-state index contributed by atoms with van der Waals surface area (Å²) < 4.78 is 10.8. The highest BCUT2D eigenvalue weighted by atomic mass is 35.5. The Hall–Kier alpha value is -3.56. The fourth-order valence-electron chi connectivity index (χ4n) is 2.82. The molecule has 1 aromatic heterocycles. The van der Waals surface area contributed by atoms with Crippen LogP contribution in [0.4, 0.5) is 11.4 Å². The van der Waals surface area contributed by atoms with E-state index in [1.807, 2.05) is 0 Å². The van der Waals surface area contributed by atoms with E-state index in [1.54, 1.807) is 54.6 Å². The molecule has 1 N–H and O–H groups in total. The molecule has 1 aliphatic rings. The Kier molecular flexibility index (Phi) is 5.79. The third-order valence-electron chi connectivity index (χ3n) is 4.28. The number of thioether (sulfide) groups is 1. The lowest BCUT2D eigenvalue weighted by Gasteiger charge is -2.03. The van der Waals surface area contributed by atoms with Crippen molar-refractivity contribution in [2.24, 2.45) is 4.99 Å². The Bertz CT molecular complexity index is 1230. The Morgan fingerprint density at radius 3 is 2.68 bits per heavy atom. The molecular weight excluding hydrogens is 442 g/mol. The molecule has 0 saturated carbocycles. The van der Waals surface area contributed by atoms with Crippen LogP contribution in [-0.4, -0.2) is 23.1 Å². The van der Waals surface area contributed by atoms with Gasteiger partial charge < -0.3 is 14.5 Å². The van der Waals surface area contributed by atoms with Gasteiger partial charge in [-0.05, 0) is 60.3 Å². The van der Waals surface area contributed by atoms with E-state index in [2.05, 4.69) is 10.3 Å². The van der Waals surface area contributed by atoms with Crippen LogP contribution in [0.25, 0.3) is 17.4 Å². The van der Waals surface area contributed by atoms with E-state index in [4.69, 9.17) is 20.8 Å². The van der Waals surface area contributed by atoms with Gasteiger partial charge in [0.1, 0.15) is 17.3 Å². The monoisotopic (exact) mass is 455 g/mol. The molecule has 2 aromatic carbocycles. The molecule has 0 unspecified atom stereocenters. The molecule has 1 aliphatic heterocycles. The van der Waals surface area contributed by atoms with Crippen LogP contribution in [0.1, 0.15) is 5.76 Å². The zero-order valence-corrected chi connectivity index (χ0v) is 17.6. The number of nitro benzene ring substituents is 1. The van der Waals surface area contributed by atoms with Crippen LogP contribution >= 0.6 is 23.4 Å². The summed E-state index contributed by atoms with van der Waals surface area (Å²) in [5.41, 5.74) is 0.822. The number of amides is 1.